The average Bonchev–Trinajstić information content (AvgIpc) is 2.76. The molecular formula is C11H18O2. The van der Waals surface area contributed by atoms with Crippen LogP contribution in [0.15, 0.2) is 0 Å². The summed E-state index contributed by atoms with van der Waals surface area (Å²) in [6.45, 7) is 0. The van der Waals surface area contributed by atoms with E-state index in [4.69, 9.17) is 4.74 Å². The topological polar surface area (TPSA) is 26.3 Å². The van der Waals surface area contributed by atoms with Crippen LogP contribution in [0, 0.1) is 11.3 Å². The second-order valence-electron chi connectivity index (χ2n) is 4.67. The largest absolute Gasteiger partial charge is 0.469 e. The van der Waals surface area contributed by atoms with Gasteiger partial charge in [-0.15, -0.1) is 0 Å². The molecule has 1 unspecified atom stereocenters. The molecule has 2 rings (SSSR count). The maximum Gasteiger partial charge on any atom is 0.308 e. The first-order valence-electron chi connectivity index (χ1n) is 5.34. The second-order valence-corrected chi connectivity index (χ2v) is 4.67. The number of methoxy groups -OCH3 is 1. The van der Waals surface area contributed by atoms with Gasteiger partial charge in [0, 0.05) is 0 Å². The lowest BCUT2D eigenvalue weighted by atomic mass is 9.84. The summed E-state index contributed by atoms with van der Waals surface area (Å²) in [5, 5.41) is 0. The van der Waals surface area contributed by atoms with Gasteiger partial charge >= 0.3 is 5.97 Å². The number of carbonyl (C=O) groups is 1. The van der Waals surface area contributed by atoms with Crippen molar-refractivity contribution < 1.29 is 9.53 Å². The maximum absolute atomic E-state index is 11.3. The van der Waals surface area contributed by atoms with Crippen molar-refractivity contribution in [1.29, 1.82) is 0 Å². The molecule has 2 aliphatic carbocycles. The van der Waals surface area contributed by atoms with Gasteiger partial charge in [0.05, 0.1) is 13.0 Å². The van der Waals surface area contributed by atoms with Crippen LogP contribution in [0.1, 0.15) is 44.9 Å². The third kappa shape index (κ3) is 1.59. The van der Waals surface area contributed by atoms with E-state index in [1.165, 1.54) is 39.2 Å². The van der Waals surface area contributed by atoms with Crippen LogP contribution in [0.5, 0.6) is 0 Å². The monoisotopic (exact) mass is 182 g/mol. The number of rotatable bonds is 1. The van der Waals surface area contributed by atoms with Crippen LogP contribution >= 0.6 is 0 Å². The van der Waals surface area contributed by atoms with Crippen molar-refractivity contribution in [3.8, 4) is 0 Å². The SMILES string of the molecule is COC(=O)C1CCC2(CCCC2)C1. The minimum absolute atomic E-state index is 0.0174. The molecular weight excluding hydrogens is 164 g/mol. The molecule has 0 aromatic heterocycles. The van der Waals surface area contributed by atoms with Crippen LogP contribution in [0.25, 0.3) is 0 Å². The molecule has 0 amide bonds. The number of carbonyl (C=O) groups excluding carboxylic acids is 1. The van der Waals surface area contributed by atoms with Crippen molar-refractivity contribution in [3.05, 3.63) is 0 Å². The highest BCUT2D eigenvalue weighted by atomic mass is 16.5. The van der Waals surface area contributed by atoms with Crippen molar-refractivity contribution in [1.82, 2.24) is 0 Å². The lowest BCUT2D eigenvalue weighted by Crippen LogP contribution is -2.16. The van der Waals surface area contributed by atoms with E-state index in [2.05, 4.69) is 0 Å². The Balaban J connectivity index is 1.96. The average molecular weight is 182 g/mol. The van der Waals surface area contributed by atoms with Crippen LogP contribution in [0.3, 0.4) is 0 Å². The third-order valence-corrected chi connectivity index (χ3v) is 3.90. The molecule has 2 aliphatic rings. The highest BCUT2D eigenvalue weighted by molar-refractivity contribution is 5.72. The third-order valence-electron chi connectivity index (χ3n) is 3.90. The second kappa shape index (κ2) is 3.32. The van der Waals surface area contributed by atoms with Gasteiger partial charge in [-0.25, -0.2) is 0 Å². The lowest BCUT2D eigenvalue weighted by molar-refractivity contribution is -0.145. The molecule has 0 N–H and O–H groups in total. The van der Waals surface area contributed by atoms with Gasteiger partial charge < -0.3 is 4.74 Å². The maximum atomic E-state index is 11.3. The van der Waals surface area contributed by atoms with E-state index in [1.54, 1.807) is 0 Å². The van der Waals surface area contributed by atoms with Crippen LogP contribution in [0.2, 0.25) is 0 Å². The molecule has 0 aliphatic heterocycles. The number of hydrogen-bond acceptors (Lipinski definition) is 2. The van der Waals surface area contributed by atoms with E-state index >= 15 is 0 Å². The van der Waals surface area contributed by atoms with Crippen LogP contribution < -0.4 is 0 Å². The Bertz CT molecular complexity index is 204. The molecule has 0 heterocycles. The molecule has 0 saturated heterocycles. The van der Waals surface area contributed by atoms with E-state index in [0.717, 1.165) is 12.8 Å². The van der Waals surface area contributed by atoms with E-state index < -0.39 is 0 Å². The minimum atomic E-state index is 0.0174. The molecule has 13 heavy (non-hydrogen) atoms. The molecule has 2 fully saturated rings. The van der Waals surface area contributed by atoms with Crippen molar-refractivity contribution in [2.45, 2.75) is 44.9 Å². The normalized spacial score (nSPS) is 31.0. The first kappa shape index (κ1) is 9.04. The van der Waals surface area contributed by atoms with Crippen LogP contribution in [-0.4, -0.2) is 13.1 Å². The van der Waals surface area contributed by atoms with Crippen LogP contribution in [-0.2, 0) is 9.53 Å². The van der Waals surface area contributed by atoms with Gasteiger partial charge in [0.1, 0.15) is 0 Å². The van der Waals surface area contributed by atoms with Crippen LogP contribution in [0.4, 0.5) is 0 Å². The summed E-state index contributed by atoms with van der Waals surface area (Å²) in [6, 6.07) is 0. The van der Waals surface area contributed by atoms with Gasteiger partial charge in [-0.05, 0) is 37.5 Å². The van der Waals surface area contributed by atoms with E-state index in [9.17, 15) is 4.79 Å². The number of hydrogen-bond donors (Lipinski definition) is 0. The molecule has 0 radical (unpaired) electrons. The number of esters is 1. The lowest BCUT2D eigenvalue weighted by Gasteiger charge is -2.21. The summed E-state index contributed by atoms with van der Waals surface area (Å²) in [5.74, 6) is 0.229. The summed E-state index contributed by atoms with van der Waals surface area (Å²) in [5.41, 5.74) is 0.541. The van der Waals surface area contributed by atoms with Gasteiger partial charge in [0.15, 0.2) is 0 Å². The van der Waals surface area contributed by atoms with Gasteiger partial charge in [0.25, 0.3) is 0 Å². The van der Waals surface area contributed by atoms with E-state index in [1.807, 2.05) is 0 Å². The summed E-state index contributed by atoms with van der Waals surface area (Å²) < 4.78 is 4.80. The standard InChI is InChI=1S/C11H18O2/c1-13-10(12)9-4-7-11(8-9)5-2-3-6-11/h9H,2-8H2,1H3. The smallest absolute Gasteiger partial charge is 0.308 e. The van der Waals surface area contributed by atoms with Crippen molar-refractivity contribution in [2.75, 3.05) is 7.11 Å². The van der Waals surface area contributed by atoms with Gasteiger partial charge in [-0.1, -0.05) is 12.8 Å². The fraction of sp³-hybridized carbons (Fsp3) is 0.909. The van der Waals surface area contributed by atoms with Gasteiger partial charge in [-0.3, -0.25) is 4.79 Å². The summed E-state index contributed by atoms with van der Waals surface area (Å²) >= 11 is 0. The Morgan fingerprint density at radius 1 is 1.31 bits per heavy atom. The Hall–Kier alpha value is -0.530. The molecule has 2 saturated carbocycles. The fourth-order valence-corrected chi connectivity index (χ4v) is 3.15. The zero-order chi connectivity index (χ0) is 9.31. The predicted molar refractivity (Wildman–Crippen MR) is 50.3 cm³/mol. The van der Waals surface area contributed by atoms with Crippen molar-refractivity contribution in [3.63, 3.8) is 0 Å². The summed E-state index contributed by atoms with van der Waals surface area (Å²) in [7, 11) is 1.50. The van der Waals surface area contributed by atoms with E-state index in [-0.39, 0.29) is 11.9 Å². The van der Waals surface area contributed by atoms with Gasteiger partial charge in [-0.2, -0.15) is 0 Å². The first-order chi connectivity index (χ1) is 6.26. The molecule has 0 aromatic rings. The van der Waals surface area contributed by atoms with Gasteiger partial charge in [0.2, 0.25) is 0 Å². The Kier molecular flexibility index (Phi) is 2.31. The molecule has 1 spiro atoms. The zero-order valence-corrected chi connectivity index (χ0v) is 8.34. The predicted octanol–water partition coefficient (Wildman–Crippen LogP) is 2.52. The quantitative estimate of drug-likeness (QED) is 0.582. The Labute approximate surface area is 79.7 Å². The Morgan fingerprint density at radius 2 is 2.00 bits per heavy atom. The Morgan fingerprint density at radius 3 is 2.62 bits per heavy atom. The highest BCUT2D eigenvalue weighted by Crippen LogP contribution is 2.52. The van der Waals surface area contributed by atoms with E-state index in [0.29, 0.717) is 5.41 Å². The minimum Gasteiger partial charge on any atom is -0.469 e. The zero-order valence-electron chi connectivity index (χ0n) is 8.34. The molecule has 1 atom stereocenters. The molecule has 2 nitrogen and oxygen atoms in total. The highest BCUT2D eigenvalue weighted by Gasteiger charge is 2.43. The molecule has 0 bridgehead atoms. The molecule has 0 aromatic carbocycles. The molecule has 74 valence electrons. The van der Waals surface area contributed by atoms with Crippen molar-refractivity contribution in [2.24, 2.45) is 11.3 Å². The summed E-state index contributed by atoms with van der Waals surface area (Å²) in [4.78, 5) is 11.3. The van der Waals surface area contributed by atoms with Crippen molar-refractivity contribution >= 4 is 5.97 Å². The fourth-order valence-electron chi connectivity index (χ4n) is 3.15. The summed E-state index contributed by atoms with van der Waals surface area (Å²) in [6.07, 6.45) is 8.85. The first-order valence-corrected chi connectivity index (χ1v) is 5.34. The number of ether oxygens (including phenoxy) is 1. The molecule has 2 heteroatoms.